The number of ether oxygens (including phenoxy) is 2. The summed E-state index contributed by atoms with van der Waals surface area (Å²) in [6, 6.07) is 14.4. The summed E-state index contributed by atoms with van der Waals surface area (Å²) in [4.78, 5) is 11.1. The van der Waals surface area contributed by atoms with Crippen molar-refractivity contribution < 1.29 is 24.5 Å². The van der Waals surface area contributed by atoms with Crippen LogP contribution in [0, 0.1) is 0 Å². The number of aliphatic hydroxyl groups is 1. The first-order valence-corrected chi connectivity index (χ1v) is 8.66. The summed E-state index contributed by atoms with van der Waals surface area (Å²) in [5.41, 5.74) is 1.89. The summed E-state index contributed by atoms with van der Waals surface area (Å²) in [6.07, 6.45) is -1.63. The molecule has 2 atom stereocenters. The van der Waals surface area contributed by atoms with Gasteiger partial charge >= 0.3 is 6.09 Å². The average Bonchev–Trinajstić information content (AvgIpc) is 2.67. The third-order valence-corrected chi connectivity index (χ3v) is 4.17. The molecular formula is C20H26N2O5. The Morgan fingerprint density at radius 2 is 1.67 bits per heavy atom. The number of hydrogen-bond donors (Lipinski definition) is 4. The number of methoxy groups -OCH3 is 2. The fraction of sp³-hybridized carbons (Fsp3) is 0.350. The van der Waals surface area contributed by atoms with E-state index in [1.807, 2.05) is 42.5 Å². The molecule has 27 heavy (non-hydrogen) atoms. The quantitative estimate of drug-likeness (QED) is 0.508. The van der Waals surface area contributed by atoms with Gasteiger partial charge < -0.3 is 30.3 Å². The molecule has 2 rings (SSSR count). The largest absolute Gasteiger partial charge is 0.497 e. The highest BCUT2D eigenvalue weighted by Gasteiger charge is 2.21. The lowest BCUT2D eigenvalue weighted by Gasteiger charge is -2.23. The maximum Gasteiger partial charge on any atom is 0.404 e. The van der Waals surface area contributed by atoms with Gasteiger partial charge in [-0.05, 0) is 29.7 Å². The third kappa shape index (κ3) is 6.80. The molecule has 2 aromatic carbocycles. The second-order valence-electron chi connectivity index (χ2n) is 6.16. The zero-order chi connectivity index (χ0) is 19.6. The van der Waals surface area contributed by atoms with Crippen LogP contribution >= 0.6 is 0 Å². The molecule has 146 valence electrons. The fourth-order valence-electron chi connectivity index (χ4n) is 2.78. The molecule has 0 spiro atoms. The first-order chi connectivity index (χ1) is 13.0. The molecule has 7 nitrogen and oxygen atoms in total. The van der Waals surface area contributed by atoms with E-state index < -0.39 is 18.2 Å². The van der Waals surface area contributed by atoms with Gasteiger partial charge in [-0.25, -0.2) is 4.79 Å². The van der Waals surface area contributed by atoms with E-state index in [0.29, 0.717) is 24.5 Å². The van der Waals surface area contributed by atoms with Crippen LogP contribution in [-0.2, 0) is 13.0 Å². The molecule has 4 N–H and O–H groups in total. The lowest BCUT2D eigenvalue weighted by atomic mass is 10.0. The molecular weight excluding hydrogens is 348 g/mol. The summed E-state index contributed by atoms with van der Waals surface area (Å²) >= 11 is 0. The van der Waals surface area contributed by atoms with Gasteiger partial charge in [0, 0.05) is 19.2 Å². The minimum absolute atomic E-state index is 0.233. The van der Waals surface area contributed by atoms with Crippen LogP contribution in [0.25, 0.3) is 0 Å². The summed E-state index contributed by atoms with van der Waals surface area (Å²) in [5, 5.41) is 25.1. The highest BCUT2D eigenvalue weighted by molar-refractivity contribution is 5.65. The van der Waals surface area contributed by atoms with Crippen LogP contribution in [0.4, 0.5) is 4.79 Å². The fourth-order valence-corrected chi connectivity index (χ4v) is 2.78. The monoisotopic (exact) mass is 374 g/mol. The highest BCUT2D eigenvalue weighted by Crippen LogP contribution is 2.22. The van der Waals surface area contributed by atoms with Crippen molar-refractivity contribution in [3.63, 3.8) is 0 Å². The van der Waals surface area contributed by atoms with Crippen molar-refractivity contribution in [2.45, 2.75) is 25.1 Å². The normalized spacial score (nSPS) is 12.9. The SMILES string of the molecule is COc1cc(CNC[C@@H](O)[C@H](Cc2ccccc2)NC(=O)O)cc(OC)c1. The van der Waals surface area contributed by atoms with Crippen LogP contribution in [0.3, 0.4) is 0 Å². The van der Waals surface area contributed by atoms with Crippen LogP contribution in [0.15, 0.2) is 48.5 Å². The van der Waals surface area contributed by atoms with Gasteiger partial charge in [-0.1, -0.05) is 30.3 Å². The summed E-state index contributed by atoms with van der Waals surface area (Å²) < 4.78 is 10.5. The van der Waals surface area contributed by atoms with Crippen LogP contribution in [-0.4, -0.2) is 49.2 Å². The summed E-state index contributed by atoms with van der Waals surface area (Å²) in [7, 11) is 3.17. The Labute approximate surface area is 158 Å². The number of nitrogens with one attached hydrogen (secondary N) is 2. The van der Waals surface area contributed by atoms with Gasteiger partial charge in [-0.2, -0.15) is 0 Å². The lowest BCUT2D eigenvalue weighted by Crippen LogP contribution is -2.48. The van der Waals surface area contributed by atoms with Crippen molar-refractivity contribution in [2.75, 3.05) is 20.8 Å². The van der Waals surface area contributed by atoms with Crippen LogP contribution in [0.1, 0.15) is 11.1 Å². The average molecular weight is 374 g/mol. The van der Waals surface area contributed by atoms with Crippen LogP contribution in [0.5, 0.6) is 11.5 Å². The van der Waals surface area contributed by atoms with E-state index in [-0.39, 0.29) is 6.54 Å². The van der Waals surface area contributed by atoms with Gasteiger partial charge in [0.2, 0.25) is 0 Å². The third-order valence-electron chi connectivity index (χ3n) is 4.17. The van der Waals surface area contributed by atoms with Gasteiger partial charge in [-0.3, -0.25) is 0 Å². The Morgan fingerprint density at radius 1 is 1.04 bits per heavy atom. The van der Waals surface area contributed by atoms with Crippen molar-refractivity contribution in [3.8, 4) is 11.5 Å². The zero-order valence-corrected chi connectivity index (χ0v) is 15.5. The van der Waals surface area contributed by atoms with Crippen LogP contribution < -0.4 is 20.1 Å². The first kappa shape index (κ1) is 20.5. The first-order valence-electron chi connectivity index (χ1n) is 8.66. The molecule has 2 aromatic rings. The molecule has 1 amide bonds. The standard InChI is InChI=1S/C20H26N2O5/c1-26-16-8-15(9-17(11-16)27-2)12-21-13-19(23)18(22-20(24)25)10-14-6-4-3-5-7-14/h3-9,11,18-19,21-23H,10,12-13H2,1-2H3,(H,24,25)/t18-,19+/m0/s1. The van der Waals surface area contributed by atoms with Gasteiger partial charge in [-0.15, -0.1) is 0 Å². The summed E-state index contributed by atoms with van der Waals surface area (Å²) in [6.45, 7) is 0.715. The van der Waals surface area contributed by atoms with E-state index in [4.69, 9.17) is 14.6 Å². The van der Waals surface area contributed by atoms with Gasteiger partial charge in [0.05, 0.1) is 26.4 Å². The maximum absolute atomic E-state index is 11.1. The number of aliphatic hydroxyl groups excluding tert-OH is 1. The van der Waals surface area contributed by atoms with E-state index in [1.165, 1.54) is 0 Å². The lowest BCUT2D eigenvalue weighted by molar-refractivity contribution is 0.117. The van der Waals surface area contributed by atoms with Crippen molar-refractivity contribution in [1.29, 1.82) is 0 Å². The molecule has 0 aliphatic rings. The predicted octanol–water partition coefficient (Wildman–Crippen LogP) is 2.03. The second kappa shape index (κ2) is 10.4. The Kier molecular flexibility index (Phi) is 7.91. The van der Waals surface area contributed by atoms with Crippen molar-refractivity contribution in [2.24, 2.45) is 0 Å². The van der Waals surface area contributed by atoms with E-state index in [1.54, 1.807) is 20.3 Å². The predicted molar refractivity (Wildman–Crippen MR) is 102 cm³/mol. The molecule has 0 aromatic heterocycles. The number of carboxylic acid groups (broad SMARTS) is 1. The number of amides is 1. The molecule has 7 heteroatoms. The van der Waals surface area contributed by atoms with Crippen LogP contribution in [0.2, 0.25) is 0 Å². The van der Waals surface area contributed by atoms with E-state index >= 15 is 0 Å². The molecule has 0 saturated heterocycles. The van der Waals surface area contributed by atoms with E-state index in [9.17, 15) is 9.90 Å². The Bertz CT molecular complexity index is 701. The molecule has 0 fully saturated rings. The van der Waals surface area contributed by atoms with Gasteiger partial charge in [0.25, 0.3) is 0 Å². The number of carbonyl (C=O) groups is 1. The molecule has 0 heterocycles. The van der Waals surface area contributed by atoms with Gasteiger partial charge in [0.15, 0.2) is 0 Å². The molecule has 0 saturated carbocycles. The number of rotatable bonds is 10. The molecule has 0 radical (unpaired) electrons. The molecule has 0 bridgehead atoms. The highest BCUT2D eigenvalue weighted by atomic mass is 16.5. The smallest absolute Gasteiger partial charge is 0.404 e. The minimum atomic E-state index is -1.16. The Morgan fingerprint density at radius 3 is 2.22 bits per heavy atom. The van der Waals surface area contributed by atoms with E-state index in [2.05, 4.69) is 10.6 Å². The number of benzene rings is 2. The molecule has 0 aliphatic heterocycles. The van der Waals surface area contributed by atoms with E-state index in [0.717, 1.165) is 11.1 Å². The zero-order valence-electron chi connectivity index (χ0n) is 15.5. The Balaban J connectivity index is 1.94. The maximum atomic E-state index is 11.1. The Hall–Kier alpha value is -2.77. The molecule has 0 aliphatic carbocycles. The minimum Gasteiger partial charge on any atom is -0.497 e. The number of hydrogen-bond acceptors (Lipinski definition) is 5. The van der Waals surface area contributed by atoms with Gasteiger partial charge in [0.1, 0.15) is 11.5 Å². The van der Waals surface area contributed by atoms with Crippen molar-refractivity contribution >= 4 is 6.09 Å². The topological polar surface area (TPSA) is 100 Å². The second-order valence-corrected chi connectivity index (χ2v) is 6.16. The summed E-state index contributed by atoms with van der Waals surface area (Å²) in [5.74, 6) is 1.36. The van der Waals surface area contributed by atoms with Crippen molar-refractivity contribution in [3.05, 3.63) is 59.7 Å². The molecule has 0 unspecified atom stereocenters. The van der Waals surface area contributed by atoms with Crippen molar-refractivity contribution in [1.82, 2.24) is 10.6 Å².